The number of ether oxygens (including phenoxy) is 1. The molecule has 0 aromatic heterocycles. The second-order valence-corrected chi connectivity index (χ2v) is 5.08. The molecule has 112 valence electrons. The van der Waals surface area contributed by atoms with Crippen LogP contribution in [-0.2, 0) is 11.3 Å². The summed E-state index contributed by atoms with van der Waals surface area (Å²) < 4.78 is 18.4. The molecule has 0 bridgehead atoms. The number of carbonyl (C=O) groups excluding carboxylic acids is 1. The number of aliphatic hydroxyl groups is 1. The molecule has 0 saturated carbocycles. The summed E-state index contributed by atoms with van der Waals surface area (Å²) in [5, 5.41) is 11.9. The van der Waals surface area contributed by atoms with Crippen LogP contribution < -0.4 is 5.32 Å². The maximum absolute atomic E-state index is 13.5. The number of rotatable bonds is 7. The van der Waals surface area contributed by atoms with Crippen LogP contribution in [0, 0.1) is 5.82 Å². The molecule has 1 amide bonds. The molecule has 0 saturated heterocycles. The Morgan fingerprint density at radius 1 is 1.50 bits per heavy atom. The lowest BCUT2D eigenvalue weighted by atomic mass is 9.94. The van der Waals surface area contributed by atoms with Gasteiger partial charge in [0.15, 0.2) is 0 Å². The lowest BCUT2D eigenvalue weighted by Gasteiger charge is -2.29. The maximum atomic E-state index is 13.5. The van der Waals surface area contributed by atoms with Crippen molar-refractivity contribution < 1.29 is 19.0 Å². The molecule has 0 radical (unpaired) electrons. The largest absolute Gasteiger partial charge is 0.396 e. The van der Waals surface area contributed by atoms with Crippen LogP contribution in [0.1, 0.15) is 42.6 Å². The predicted octanol–water partition coefficient (Wildman–Crippen LogP) is 2.25. The second-order valence-electron chi connectivity index (χ2n) is 5.08. The summed E-state index contributed by atoms with van der Waals surface area (Å²) in [4.78, 5) is 12.2. The monoisotopic (exact) mass is 283 g/mol. The van der Waals surface area contributed by atoms with Crippen LogP contribution >= 0.6 is 0 Å². The zero-order chi connectivity index (χ0) is 15.2. The molecule has 0 spiro atoms. The first-order chi connectivity index (χ1) is 9.45. The van der Waals surface area contributed by atoms with Gasteiger partial charge >= 0.3 is 0 Å². The van der Waals surface area contributed by atoms with Gasteiger partial charge < -0.3 is 15.2 Å². The Kier molecular flexibility index (Phi) is 6.10. The van der Waals surface area contributed by atoms with E-state index in [1.165, 1.54) is 25.3 Å². The topological polar surface area (TPSA) is 58.6 Å². The average molecular weight is 283 g/mol. The smallest absolute Gasteiger partial charge is 0.251 e. The number of methoxy groups -OCH3 is 1. The molecule has 5 heteroatoms. The van der Waals surface area contributed by atoms with E-state index >= 15 is 0 Å². The predicted molar refractivity (Wildman–Crippen MR) is 75.0 cm³/mol. The minimum Gasteiger partial charge on any atom is -0.396 e. The normalized spacial score (nSPS) is 13.8. The SMILES string of the molecule is CCC(C)(CCO)NC(=O)c1ccc(F)c(COC)c1. The molecule has 0 aliphatic carbocycles. The van der Waals surface area contributed by atoms with Crippen molar-refractivity contribution in [2.45, 2.75) is 38.8 Å². The molecule has 0 aliphatic heterocycles. The van der Waals surface area contributed by atoms with Crippen molar-refractivity contribution in [2.75, 3.05) is 13.7 Å². The van der Waals surface area contributed by atoms with Gasteiger partial charge in [-0.1, -0.05) is 6.92 Å². The van der Waals surface area contributed by atoms with Crippen LogP contribution in [0.4, 0.5) is 4.39 Å². The highest BCUT2D eigenvalue weighted by atomic mass is 19.1. The van der Waals surface area contributed by atoms with Gasteiger partial charge in [-0.05, 0) is 38.0 Å². The molecule has 1 rings (SSSR count). The lowest BCUT2D eigenvalue weighted by molar-refractivity contribution is 0.0885. The van der Waals surface area contributed by atoms with Crippen molar-refractivity contribution >= 4 is 5.91 Å². The van der Waals surface area contributed by atoms with Crippen LogP contribution in [0.5, 0.6) is 0 Å². The first-order valence-corrected chi connectivity index (χ1v) is 6.66. The van der Waals surface area contributed by atoms with E-state index in [9.17, 15) is 9.18 Å². The van der Waals surface area contributed by atoms with E-state index in [0.717, 1.165) is 0 Å². The van der Waals surface area contributed by atoms with Crippen molar-refractivity contribution in [2.24, 2.45) is 0 Å². The van der Waals surface area contributed by atoms with Crippen LogP contribution in [0.2, 0.25) is 0 Å². The van der Waals surface area contributed by atoms with E-state index in [0.29, 0.717) is 24.0 Å². The number of amides is 1. The van der Waals surface area contributed by atoms with Crippen LogP contribution in [0.15, 0.2) is 18.2 Å². The molecule has 0 aliphatic rings. The Bertz CT molecular complexity index is 464. The van der Waals surface area contributed by atoms with Crippen LogP contribution in [-0.4, -0.2) is 30.3 Å². The number of hydrogen-bond donors (Lipinski definition) is 2. The molecule has 1 unspecified atom stereocenters. The van der Waals surface area contributed by atoms with Crippen LogP contribution in [0.3, 0.4) is 0 Å². The average Bonchev–Trinajstić information content (AvgIpc) is 2.41. The van der Waals surface area contributed by atoms with Crippen molar-refractivity contribution in [3.05, 3.63) is 35.1 Å². The summed E-state index contributed by atoms with van der Waals surface area (Å²) >= 11 is 0. The number of halogens is 1. The van der Waals surface area contributed by atoms with E-state index in [2.05, 4.69) is 5.32 Å². The molecule has 0 heterocycles. The Balaban J connectivity index is 2.89. The third-order valence-corrected chi connectivity index (χ3v) is 3.47. The van der Waals surface area contributed by atoms with E-state index in [1.807, 2.05) is 13.8 Å². The number of carbonyl (C=O) groups is 1. The Morgan fingerprint density at radius 2 is 2.20 bits per heavy atom. The van der Waals surface area contributed by atoms with Gasteiger partial charge in [0, 0.05) is 30.4 Å². The molecule has 0 fully saturated rings. The molecule has 1 aromatic rings. The summed E-state index contributed by atoms with van der Waals surface area (Å²) in [6.07, 6.45) is 1.17. The summed E-state index contributed by atoms with van der Waals surface area (Å²) in [7, 11) is 1.47. The number of aliphatic hydroxyl groups excluding tert-OH is 1. The van der Waals surface area contributed by atoms with Crippen molar-refractivity contribution in [3.8, 4) is 0 Å². The fourth-order valence-electron chi connectivity index (χ4n) is 1.90. The zero-order valence-corrected chi connectivity index (χ0v) is 12.2. The van der Waals surface area contributed by atoms with Gasteiger partial charge in [0.1, 0.15) is 5.82 Å². The first kappa shape index (κ1) is 16.6. The van der Waals surface area contributed by atoms with Crippen LogP contribution in [0.25, 0.3) is 0 Å². The van der Waals surface area contributed by atoms with Gasteiger partial charge in [-0.3, -0.25) is 4.79 Å². The van der Waals surface area contributed by atoms with Gasteiger partial charge in [-0.2, -0.15) is 0 Å². The fraction of sp³-hybridized carbons (Fsp3) is 0.533. The van der Waals surface area contributed by atoms with Crippen molar-refractivity contribution in [1.29, 1.82) is 0 Å². The number of benzene rings is 1. The minimum absolute atomic E-state index is 0.00294. The Hall–Kier alpha value is -1.46. The maximum Gasteiger partial charge on any atom is 0.251 e. The minimum atomic E-state index is -0.471. The molecule has 4 nitrogen and oxygen atoms in total. The first-order valence-electron chi connectivity index (χ1n) is 6.66. The molecule has 1 atom stereocenters. The lowest BCUT2D eigenvalue weighted by Crippen LogP contribution is -2.46. The van der Waals surface area contributed by atoms with Gasteiger partial charge in [0.05, 0.1) is 6.61 Å². The van der Waals surface area contributed by atoms with Gasteiger partial charge in [0.2, 0.25) is 0 Å². The highest BCUT2D eigenvalue weighted by molar-refractivity contribution is 5.94. The summed E-state index contributed by atoms with van der Waals surface area (Å²) in [5.41, 5.74) is 0.262. The van der Waals surface area contributed by atoms with E-state index < -0.39 is 11.4 Å². The molecule has 2 N–H and O–H groups in total. The third kappa shape index (κ3) is 4.28. The van der Waals surface area contributed by atoms with Crippen molar-refractivity contribution in [1.82, 2.24) is 5.32 Å². The highest BCUT2D eigenvalue weighted by Gasteiger charge is 2.24. The second kappa shape index (κ2) is 7.36. The zero-order valence-electron chi connectivity index (χ0n) is 12.2. The van der Waals surface area contributed by atoms with Gasteiger partial charge in [0.25, 0.3) is 5.91 Å². The molecule has 1 aromatic carbocycles. The summed E-state index contributed by atoms with van der Waals surface area (Å²) in [5.74, 6) is -0.669. The summed E-state index contributed by atoms with van der Waals surface area (Å²) in [6.45, 7) is 3.94. The van der Waals surface area contributed by atoms with Crippen molar-refractivity contribution in [3.63, 3.8) is 0 Å². The Morgan fingerprint density at radius 3 is 2.75 bits per heavy atom. The third-order valence-electron chi connectivity index (χ3n) is 3.47. The summed E-state index contributed by atoms with van der Waals surface area (Å²) in [6, 6.07) is 4.20. The van der Waals surface area contributed by atoms with E-state index in [1.54, 1.807) is 0 Å². The number of nitrogens with one attached hydrogen (secondary N) is 1. The highest BCUT2D eigenvalue weighted by Crippen LogP contribution is 2.17. The molecular formula is C15H22FNO3. The van der Waals surface area contributed by atoms with Gasteiger partial charge in [-0.25, -0.2) is 4.39 Å². The van der Waals surface area contributed by atoms with E-state index in [4.69, 9.17) is 9.84 Å². The fourth-order valence-corrected chi connectivity index (χ4v) is 1.90. The standard InChI is InChI=1S/C15H22FNO3/c1-4-15(2,7-8-18)17-14(19)11-5-6-13(16)12(9-11)10-20-3/h5-6,9,18H,4,7-8,10H2,1-3H3,(H,17,19). The molecule has 20 heavy (non-hydrogen) atoms. The Labute approximate surface area is 119 Å². The van der Waals surface area contributed by atoms with E-state index in [-0.39, 0.29) is 19.1 Å². The van der Waals surface area contributed by atoms with Gasteiger partial charge in [-0.15, -0.1) is 0 Å². The molecular weight excluding hydrogens is 261 g/mol. The number of hydrogen-bond acceptors (Lipinski definition) is 3. The quantitative estimate of drug-likeness (QED) is 0.807.